The van der Waals surface area contributed by atoms with Crippen LogP contribution >= 0.6 is 0 Å². The van der Waals surface area contributed by atoms with Crippen LogP contribution in [-0.2, 0) is 14.3 Å². The van der Waals surface area contributed by atoms with Crippen LogP contribution in [0.15, 0.2) is 18.2 Å². The Bertz CT molecular complexity index is 644. The molecule has 7 heteroatoms. The van der Waals surface area contributed by atoms with E-state index in [9.17, 15) is 14.4 Å². The highest BCUT2D eigenvalue weighted by atomic mass is 16.5. The maximum atomic E-state index is 12.1. The third-order valence-electron chi connectivity index (χ3n) is 4.00. The first kappa shape index (κ1) is 14.4. The van der Waals surface area contributed by atoms with E-state index in [1.807, 2.05) is 6.07 Å². The summed E-state index contributed by atoms with van der Waals surface area (Å²) in [6.45, 7) is 0.659. The zero-order valence-electron chi connectivity index (χ0n) is 12.2. The molecule has 22 heavy (non-hydrogen) atoms. The molecule has 1 atom stereocenters. The first-order chi connectivity index (χ1) is 10.6. The first-order valence-corrected chi connectivity index (χ1v) is 7.16. The lowest BCUT2D eigenvalue weighted by molar-refractivity contribution is -0.139. The number of fused-ring (bicyclic) bond motifs is 3. The molecule has 7 nitrogen and oxygen atoms in total. The highest BCUT2D eigenvalue weighted by Crippen LogP contribution is 2.37. The molecule has 1 aromatic carbocycles. The van der Waals surface area contributed by atoms with Crippen LogP contribution in [0, 0.1) is 0 Å². The summed E-state index contributed by atoms with van der Waals surface area (Å²) in [6, 6.07) is 5.05. The van der Waals surface area contributed by atoms with E-state index in [0.29, 0.717) is 11.3 Å². The second kappa shape index (κ2) is 5.67. The van der Waals surface area contributed by atoms with Gasteiger partial charge < -0.3 is 20.3 Å². The number of hydrogen-bond donors (Lipinski definition) is 2. The fourth-order valence-corrected chi connectivity index (χ4v) is 2.90. The molecule has 2 amide bonds. The summed E-state index contributed by atoms with van der Waals surface area (Å²) in [5.41, 5.74) is 1.96. The number of hydrogen-bond acceptors (Lipinski definition) is 5. The highest BCUT2D eigenvalue weighted by Gasteiger charge is 2.36. The predicted octanol–water partition coefficient (Wildman–Crippen LogP) is 0.510. The van der Waals surface area contributed by atoms with Crippen molar-refractivity contribution in [2.45, 2.75) is 18.9 Å². The van der Waals surface area contributed by atoms with Crippen LogP contribution in [0.4, 0.5) is 11.4 Å². The van der Waals surface area contributed by atoms with Gasteiger partial charge in [-0.15, -0.1) is 0 Å². The molecule has 0 aliphatic carbocycles. The van der Waals surface area contributed by atoms with Gasteiger partial charge in [0.25, 0.3) is 5.91 Å². The maximum Gasteiger partial charge on any atom is 0.325 e. The predicted molar refractivity (Wildman–Crippen MR) is 79.8 cm³/mol. The standard InChI is InChI=1S/C15H17N3O4/c1-22-13(19)8-16-14(20)9-4-5-11-10(7-9)17-15(21)12-3-2-6-18(11)12/h4-5,7,12H,2-3,6,8H2,1H3,(H,16,20)(H,17,21). The molecule has 3 rings (SSSR count). The van der Waals surface area contributed by atoms with E-state index in [0.717, 1.165) is 25.1 Å². The number of nitrogens with zero attached hydrogens (tertiary/aromatic N) is 1. The van der Waals surface area contributed by atoms with E-state index >= 15 is 0 Å². The van der Waals surface area contributed by atoms with Crippen molar-refractivity contribution in [3.05, 3.63) is 23.8 Å². The lowest BCUT2D eigenvalue weighted by atomic mass is 10.1. The minimum Gasteiger partial charge on any atom is -0.468 e. The third-order valence-corrected chi connectivity index (χ3v) is 4.00. The van der Waals surface area contributed by atoms with Crippen LogP contribution in [-0.4, -0.2) is 44.0 Å². The van der Waals surface area contributed by atoms with Crippen molar-refractivity contribution in [3.63, 3.8) is 0 Å². The normalized spacial score (nSPS) is 19.0. The van der Waals surface area contributed by atoms with Gasteiger partial charge in [0.2, 0.25) is 5.91 Å². The number of methoxy groups -OCH3 is 1. The average Bonchev–Trinajstić information content (AvgIpc) is 3.02. The number of benzene rings is 1. The molecular weight excluding hydrogens is 286 g/mol. The highest BCUT2D eigenvalue weighted by molar-refractivity contribution is 6.06. The van der Waals surface area contributed by atoms with Gasteiger partial charge in [-0.05, 0) is 31.0 Å². The maximum absolute atomic E-state index is 12.1. The summed E-state index contributed by atoms with van der Waals surface area (Å²) in [5, 5.41) is 5.32. The Morgan fingerprint density at radius 1 is 1.45 bits per heavy atom. The van der Waals surface area contributed by atoms with E-state index in [1.54, 1.807) is 12.1 Å². The molecule has 0 saturated carbocycles. The van der Waals surface area contributed by atoms with Crippen LogP contribution in [0.1, 0.15) is 23.2 Å². The number of anilines is 2. The number of amides is 2. The molecule has 0 aromatic heterocycles. The number of ether oxygens (including phenoxy) is 1. The van der Waals surface area contributed by atoms with Gasteiger partial charge in [0, 0.05) is 12.1 Å². The SMILES string of the molecule is COC(=O)CNC(=O)c1ccc2c(c1)NC(=O)C1CCCN21. The van der Waals surface area contributed by atoms with Crippen molar-refractivity contribution in [2.24, 2.45) is 0 Å². The van der Waals surface area contributed by atoms with Crippen LogP contribution in [0.2, 0.25) is 0 Å². The molecule has 2 heterocycles. The van der Waals surface area contributed by atoms with Gasteiger partial charge in [0.1, 0.15) is 12.6 Å². The van der Waals surface area contributed by atoms with E-state index in [4.69, 9.17) is 0 Å². The molecule has 1 unspecified atom stereocenters. The summed E-state index contributed by atoms with van der Waals surface area (Å²) < 4.78 is 4.47. The van der Waals surface area contributed by atoms with E-state index in [1.165, 1.54) is 7.11 Å². The Morgan fingerprint density at radius 3 is 3.05 bits per heavy atom. The molecule has 2 aliphatic rings. The van der Waals surface area contributed by atoms with Crippen molar-refractivity contribution in [3.8, 4) is 0 Å². The van der Waals surface area contributed by atoms with Gasteiger partial charge in [0.15, 0.2) is 0 Å². The Labute approximate surface area is 127 Å². The van der Waals surface area contributed by atoms with Crippen molar-refractivity contribution in [1.82, 2.24) is 5.32 Å². The minimum absolute atomic E-state index is 0.0304. The van der Waals surface area contributed by atoms with Crippen molar-refractivity contribution in [1.29, 1.82) is 0 Å². The molecule has 0 spiro atoms. The molecule has 0 bridgehead atoms. The van der Waals surface area contributed by atoms with Crippen LogP contribution in [0.5, 0.6) is 0 Å². The Balaban J connectivity index is 1.79. The van der Waals surface area contributed by atoms with Gasteiger partial charge in [0.05, 0.1) is 18.5 Å². The molecule has 2 N–H and O–H groups in total. The molecule has 1 fully saturated rings. The zero-order valence-corrected chi connectivity index (χ0v) is 12.2. The molecule has 1 aromatic rings. The fraction of sp³-hybridized carbons (Fsp3) is 0.400. The number of nitrogens with one attached hydrogen (secondary N) is 2. The molecule has 0 radical (unpaired) electrons. The van der Waals surface area contributed by atoms with Gasteiger partial charge in [-0.3, -0.25) is 14.4 Å². The second-order valence-corrected chi connectivity index (χ2v) is 5.33. The number of esters is 1. The second-order valence-electron chi connectivity index (χ2n) is 5.33. The van der Waals surface area contributed by atoms with Crippen molar-refractivity contribution < 1.29 is 19.1 Å². The molecule has 1 saturated heterocycles. The number of rotatable bonds is 3. The minimum atomic E-state index is -0.514. The van der Waals surface area contributed by atoms with Crippen LogP contribution in [0.3, 0.4) is 0 Å². The summed E-state index contributed by atoms with van der Waals surface area (Å²) in [4.78, 5) is 37.2. The van der Waals surface area contributed by atoms with Crippen molar-refractivity contribution in [2.75, 3.05) is 30.4 Å². The summed E-state index contributed by atoms with van der Waals surface area (Å²) in [5.74, 6) is -0.928. The lowest BCUT2D eigenvalue weighted by Crippen LogP contribution is -2.44. The van der Waals surface area contributed by atoms with Crippen molar-refractivity contribution >= 4 is 29.2 Å². The van der Waals surface area contributed by atoms with E-state index in [2.05, 4.69) is 20.3 Å². The van der Waals surface area contributed by atoms with Crippen LogP contribution in [0.25, 0.3) is 0 Å². The van der Waals surface area contributed by atoms with Crippen LogP contribution < -0.4 is 15.5 Å². The quantitative estimate of drug-likeness (QED) is 0.794. The largest absolute Gasteiger partial charge is 0.468 e. The van der Waals surface area contributed by atoms with Gasteiger partial charge in [-0.25, -0.2) is 0 Å². The zero-order chi connectivity index (χ0) is 15.7. The monoisotopic (exact) mass is 303 g/mol. The van der Waals surface area contributed by atoms with Gasteiger partial charge >= 0.3 is 5.97 Å². The fourth-order valence-electron chi connectivity index (χ4n) is 2.90. The lowest BCUT2D eigenvalue weighted by Gasteiger charge is -2.33. The summed E-state index contributed by atoms with van der Waals surface area (Å²) >= 11 is 0. The molecule has 2 aliphatic heterocycles. The topological polar surface area (TPSA) is 87.7 Å². The Morgan fingerprint density at radius 2 is 2.27 bits per heavy atom. The van der Waals surface area contributed by atoms with Gasteiger partial charge in [-0.1, -0.05) is 0 Å². The Kier molecular flexibility index (Phi) is 3.70. The Hall–Kier alpha value is -2.57. The summed E-state index contributed by atoms with van der Waals surface area (Å²) in [7, 11) is 1.26. The summed E-state index contributed by atoms with van der Waals surface area (Å²) in [6.07, 6.45) is 1.84. The molecular formula is C15H17N3O4. The first-order valence-electron chi connectivity index (χ1n) is 7.16. The smallest absolute Gasteiger partial charge is 0.325 e. The van der Waals surface area contributed by atoms with E-state index < -0.39 is 5.97 Å². The number of carbonyl (C=O) groups excluding carboxylic acids is 3. The number of carbonyl (C=O) groups is 3. The molecule has 116 valence electrons. The van der Waals surface area contributed by atoms with Gasteiger partial charge in [-0.2, -0.15) is 0 Å². The third kappa shape index (κ3) is 2.49. The van der Waals surface area contributed by atoms with E-state index in [-0.39, 0.29) is 24.4 Å². The average molecular weight is 303 g/mol.